The number of likely N-dealkylation sites (tertiary alicyclic amines) is 1. The third kappa shape index (κ3) is 3.78. The van der Waals surface area contributed by atoms with Crippen LogP contribution in [0.5, 0.6) is 0 Å². The van der Waals surface area contributed by atoms with Crippen LogP contribution in [0.2, 0.25) is 0 Å². The van der Waals surface area contributed by atoms with E-state index < -0.39 is 17.5 Å². The third-order valence-electron chi connectivity index (χ3n) is 6.25. The van der Waals surface area contributed by atoms with Gasteiger partial charge in [-0.2, -0.15) is 5.10 Å². The van der Waals surface area contributed by atoms with Crippen molar-refractivity contribution in [2.45, 2.75) is 25.3 Å². The van der Waals surface area contributed by atoms with Crippen molar-refractivity contribution in [1.82, 2.24) is 19.9 Å². The molecule has 1 saturated heterocycles. The van der Waals surface area contributed by atoms with Crippen molar-refractivity contribution in [2.24, 2.45) is 11.0 Å². The average Bonchev–Trinajstić information content (AvgIpc) is 3.46. The zero-order valence-corrected chi connectivity index (χ0v) is 17.0. The van der Waals surface area contributed by atoms with Crippen LogP contribution in [0.1, 0.15) is 34.7 Å². The molecule has 1 aromatic carbocycles. The molecule has 0 bridgehead atoms. The van der Waals surface area contributed by atoms with Crippen molar-refractivity contribution < 1.29 is 13.6 Å². The molecule has 6 nitrogen and oxygen atoms in total. The Hall–Kier alpha value is -3.29. The lowest BCUT2D eigenvalue weighted by Crippen LogP contribution is -2.39. The van der Waals surface area contributed by atoms with E-state index in [0.717, 1.165) is 48.6 Å². The summed E-state index contributed by atoms with van der Waals surface area (Å²) < 4.78 is 29.6. The van der Waals surface area contributed by atoms with E-state index in [1.807, 2.05) is 12.4 Å². The number of benzene rings is 1. The molecule has 4 heterocycles. The highest BCUT2D eigenvalue weighted by molar-refractivity contribution is 5.94. The predicted molar refractivity (Wildman–Crippen MR) is 114 cm³/mol. The second kappa shape index (κ2) is 8.09. The summed E-state index contributed by atoms with van der Waals surface area (Å²) in [6.45, 7) is 2.68. The molecule has 0 aliphatic carbocycles. The molecule has 1 fully saturated rings. The lowest BCUT2D eigenvalue weighted by Gasteiger charge is -2.32. The number of pyridine rings is 1. The summed E-state index contributed by atoms with van der Waals surface area (Å²) >= 11 is 0. The SMILES string of the molecule is O=C(c1cccc(F)c1F)N1CCC(Cn2ccc3cc(C4C=NNC4)cnc32)CC1. The molecule has 1 N–H and O–H groups in total. The molecular weight excluding hydrogens is 400 g/mol. The Morgan fingerprint density at radius 2 is 2.03 bits per heavy atom. The fraction of sp³-hybridized carbons (Fsp3) is 0.348. The first-order valence-corrected chi connectivity index (χ1v) is 10.5. The van der Waals surface area contributed by atoms with Crippen LogP contribution in [0.4, 0.5) is 8.78 Å². The second-order valence-corrected chi connectivity index (χ2v) is 8.23. The van der Waals surface area contributed by atoms with Gasteiger partial charge in [-0.25, -0.2) is 13.8 Å². The average molecular weight is 423 g/mol. The van der Waals surface area contributed by atoms with Gasteiger partial charge < -0.3 is 14.9 Å². The number of fused-ring (bicyclic) bond motifs is 1. The molecule has 2 aromatic heterocycles. The number of hydrogen-bond donors (Lipinski definition) is 1. The van der Waals surface area contributed by atoms with E-state index in [1.54, 1.807) is 4.90 Å². The number of rotatable bonds is 4. The van der Waals surface area contributed by atoms with Gasteiger partial charge in [0, 0.05) is 56.1 Å². The van der Waals surface area contributed by atoms with Gasteiger partial charge in [-0.05, 0) is 48.6 Å². The summed E-state index contributed by atoms with van der Waals surface area (Å²) in [5, 5.41) is 5.18. The van der Waals surface area contributed by atoms with Gasteiger partial charge in [-0.15, -0.1) is 0 Å². The Morgan fingerprint density at radius 1 is 1.19 bits per heavy atom. The Balaban J connectivity index is 1.23. The molecule has 8 heteroatoms. The van der Waals surface area contributed by atoms with Crippen LogP contribution in [-0.4, -0.2) is 46.2 Å². The van der Waals surface area contributed by atoms with Gasteiger partial charge in [0.1, 0.15) is 5.65 Å². The molecule has 3 aromatic rings. The van der Waals surface area contributed by atoms with Crippen LogP contribution in [0.25, 0.3) is 11.0 Å². The standard InChI is InChI=1S/C23H23F2N5O/c24-20-3-1-2-19(21(20)25)23(31)29-7-4-15(5-8-29)14-30-9-6-16-10-17(11-26-22(16)30)18-12-27-28-13-18/h1-3,6,9-12,15,18,28H,4-5,7-8,13-14H2. The Morgan fingerprint density at radius 3 is 2.81 bits per heavy atom. The van der Waals surface area contributed by atoms with Crippen molar-refractivity contribution in [3.8, 4) is 0 Å². The zero-order valence-electron chi connectivity index (χ0n) is 17.0. The van der Waals surface area contributed by atoms with Gasteiger partial charge in [0.2, 0.25) is 0 Å². The van der Waals surface area contributed by atoms with Gasteiger partial charge in [0.05, 0.1) is 5.56 Å². The zero-order chi connectivity index (χ0) is 21.4. The molecular formula is C23H23F2N5O. The molecule has 1 atom stereocenters. The number of hydrazone groups is 1. The van der Waals surface area contributed by atoms with E-state index in [-0.39, 0.29) is 11.5 Å². The number of piperidine rings is 1. The summed E-state index contributed by atoms with van der Waals surface area (Å²) in [6, 6.07) is 7.97. The molecule has 1 unspecified atom stereocenters. The molecule has 2 aliphatic rings. The highest BCUT2D eigenvalue weighted by Crippen LogP contribution is 2.25. The molecule has 2 aliphatic heterocycles. The van der Waals surface area contributed by atoms with Crippen molar-refractivity contribution in [1.29, 1.82) is 0 Å². The minimum atomic E-state index is -1.07. The highest BCUT2D eigenvalue weighted by Gasteiger charge is 2.26. The quantitative estimate of drug-likeness (QED) is 0.698. The highest BCUT2D eigenvalue weighted by atomic mass is 19.2. The van der Waals surface area contributed by atoms with Crippen LogP contribution in [0, 0.1) is 17.6 Å². The number of halogens is 2. The van der Waals surface area contributed by atoms with Crippen molar-refractivity contribution in [3.05, 3.63) is 65.5 Å². The van der Waals surface area contributed by atoms with E-state index in [0.29, 0.717) is 19.0 Å². The molecule has 5 rings (SSSR count). The molecule has 0 saturated carbocycles. The summed E-state index contributed by atoms with van der Waals surface area (Å²) in [5.41, 5.74) is 4.88. The van der Waals surface area contributed by atoms with E-state index in [9.17, 15) is 13.6 Å². The van der Waals surface area contributed by atoms with E-state index >= 15 is 0 Å². The summed E-state index contributed by atoms with van der Waals surface area (Å²) in [4.78, 5) is 18.9. The van der Waals surface area contributed by atoms with Gasteiger partial charge in [-0.3, -0.25) is 4.79 Å². The van der Waals surface area contributed by atoms with Crippen LogP contribution < -0.4 is 5.43 Å². The third-order valence-corrected chi connectivity index (χ3v) is 6.25. The van der Waals surface area contributed by atoms with Crippen molar-refractivity contribution >= 4 is 23.2 Å². The first kappa shape index (κ1) is 19.7. The van der Waals surface area contributed by atoms with Crippen molar-refractivity contribution in [3.63, 3.8) is 0 Å². The number of carbonyl (C=O) groups excluding carboxylic acids is 1. The summed E-state index contributed by atoms with van der Waals surface area (Å²) in [5.74, 6) is -1.86. The molecule has 0 spiro atoms. The molecule has 0 radical (unpaired) electrons. The Labute approximate surface area is 178 Å². The van der Waals surface area contributed by atoms with E-state index in [2.05, 4.69) is 38.4 Å². The predicted octanol–water partition coefficient (Wildman–Crippen LogP) is 3.54. The van der Waals surface area contributed by atoms with Crippen LogP contribution in [-0.2, 0) is 6.54 Å². The number of aromatic nitrogens is 2. The van der Waals surface area contributed by atoms with Crippen LogP contribution in [0.3, 0.4) is 0 Å². The number of nitrogens with zero attached hydrogens (tertiary/aromatic N) is 4. The van der Waals surface area contributed by atoms with E-state index in [1.165, 1.54) is 12.1 Å². The molecule has 31 heavy (non-hydrogen) atoms. The number of amides is 1. The second-order valence-electron chi connectivity index (χ2n) is 8.23. The molecule has 1 amide bonds. The van der Waals surface area contributed by atoms with Crippen LogP contribution in [0.15, 0.2) is 47.8 Å². The molecule has 160 valence electrons. The van der Waals surface area contributed by atoms with Gasteiger partial charge >= 0.3 is 0 Å². The first-order valence-electron chi connectivity index (χ1n) is 10.5. The number of carbonyl (C=O) groups is 1. The Kier molecular flexibility index (Phi) is 5.13. The summed E-state index contributed by atoms with van der Waals surface area (Å²) in [7, 11) is 0. The summed E-state index contributed by atoms with van der Waals surface area (Å²) in [6.07, 6.45) is 7.50. The fourth-order valence-electron chi connectivity index (χ4n) is 4.43. The minimum Gasteiger partial charge on any atom is -0.339 e. The largest absolute Gasteiger partial charge is 0.339 e. The minimum absolute atomic E-state index is 0.197. The number of hydrogen-bond acceptors (Lipinski definition) is 4. The smallest absolute Gasteiger partial charge is 0.256 e. The van der Waals surface area contributed by atoms with Gasteiger partial charge in [-0.1, -0.05) is 6.07 Å². The maximum absolute atomic E-state index is 14.0. The monoisotopic (exact) mass is 423 g/mol. The topological polar surface area (TPSA) is 62.5 Å². The lowest BCUT2D eigenvalue weighted by molar-refractivity contribution is 0.0677. The fourth-order valence-corrected chi connectivity index (χ4v) is 4.43. The van der Waals surface area contributed by atoms with E-state index in [4.69, 9.17) is 0 Å². The lowest BCUT2D eigenvalue weighted by atomic mass is 9.96. The van der Waals surface area contributed by atoms with Gasteiger partial charge in [0.15, 0.2) is 11.6 Å². The number of nitrogens with one attached hydrogen (secondary N) is 1. The van der Waals surface area contributed by atoms with Gasteiger partial charge in [0.25, 0.3) is 5.91 Å². The Bertz CT molecular complexity index is 1150. The maximum Gasteiger partial charge on any atom is 0.256 e. The normalized spacial score (nSPS) is 19.2. The van der Waals surface area contributed by atoms with Crippen LogP contribution >= 0.6 is 0 Å². The first-order chi connectivity index (χ1) is 15.1. The van der Waals surface area contributed by atoms with Crippen molar-refractivity contribution in [2.75, 3.05) is 19.6 Å². The maximum atomic E-state index is 14.0.